The van der Waals surface area contributed by atoms with Crippen LogP contribution in [0.1, 0.15) is 29.8 Å². The molecule has 0 aliphatic heterocycles. The molecule has 0 spiro atoms. The summed E-state index contributed by atoms with van der Waals surface area (Å²) in [5, 5.41) is 14.6. The number of aromatic nitrogens is 2. The van der Waals surface area contributed by atoms with Gasteiger partial charge < -0.3 is 10.6 Å². The van der Waals surface area contributed by atoms with Crippen molar-refractivity contribution in [2.24, 2.45) is 0 Å². The van der Waals surface area contributed by atoms with Gasteiger partial charge in [0.15, 0.2) is 10.1 Å². The molecule has 0 aliphatic carbocycles. The van der Waals surface area contributed by atoms with E-state index in [0.717, 1.165) is 15.6 Å². The average molecular weight is 413 g/mol. The minimum atomic E-state index is -0.300. The van der Waals surface area contributed by atoms with Crippen molar-refractivity contribution < 1.29 is 9.59 Å². The normalized spacial score (nSPS) is 11.7. The van der Waals surface area contributed by atoms with E-state index >= 15 is 0 Å². The van der Waals surface area contributed by atoms with Crippen LogP contribution < -0.4 is 10.6 Å². The lowest BCUT2D eigenvalue weighted by atomic mass is 10.1. The zero-order valence-electron chi connectivity index (χ0n) is 15.7. The maximum absolute atomic E-state index is 12.7. The second-order valence-electron chi connectivity index (χ2n) is 6.25. The van der Waals surface area contributed by atoms with Crippen molar-refractivity contribution >= 4 is 51.3 Å². The molecule has 0 fully saturated rings. The topological polar surface area (TPSA) is 84.0 Å². The summed E-state index contributed by atoms with van der Waals surface area (Å²) in [5.41, 5.74) is 3.38. The van der Waals surface area contributed by atoms with Crippen molar-refractivity contribution in [3.05, 3.63) is 59.7 Å². The summed E-state index contributed by atoms with van der Waals surface area (Å²) >= 11 is 2.80. The van der Waals surface area contributed by atoms with Crippen molar-refractivity contribution in [3.8, 4) is 0 Å². The Hall–Kier alpha value is -2.71. The molecule has 6 nitrogen and oxygen atoms in total. The second kappa shape index (κ2) is 8.99. The number of carbonyl (C=O) groups excluding carboxylic acids is 2. The Morgan fingerprint density at radius 2 is 1.82 bits per heavy atom. The predicted octanol–water partition coefficient (Wildman–Crippen LogP) is 4.91. The predicted molar refractivity (Wildman–Crippen MR) is 115 cm³/mol. The first kappa shape index (κ1) is 20.0. The Morgan fingerprint density at radius 3 is 2.50 bits per heavy atom. The van der Waals surface area contributed by atoms with Gasteiger partial charge in [-0.15, -0.1) is 10.2 Å². The van der Waals surface area contributed by atoms with Crippen LogP contribution in [0.15, 0.2) is 52.9 Å². The Bertz CT molecular complexity index is 986. The molecule has 1 amide bonds. The standard InChI is InChI=1S/C20H20N4O2S2/c1-12-5-4-6-17(11-12)22-19-23-24-20(28-19)27-13(2)18(26)15-7-9-16(10-8-15)21-14(3)25/h4-11,13H,1-3H3,(H,21,25)(H,22,23). The van der Waals surface area contributed by atoms with Gasteiger partial charge in [-0.3, -0.25) is 9.59 Å². The molecule has 0 aliphatic rings. The zero-order chi connectivity index (χ0) is 20.1. The fraction of sp³-hybridized carbons (Fsp3) is 0.200. The van der Waals surface area contributed by atoms with Crippen LogP contribution in [0.4, 0.5) is 16.5 Å². The van der Waals surface area contributed by atoms with Crippen molar-refractivity contribution in [1.29, 1.82) is 0 Å². The van der Waals surface area contributed by atoms with Gasteiger partial charge in [-0.25, -0.2) is 0 Å². The third kappa shape index (κ3) is 5.40. The van der Waals surface area contributed by atoms with Crippen LogP contribution in [0.2, 0.25) is 0 Å². The van der Waals surface area contributed by atoms with E-state index in [1.165, 1.54) is 30.0 Å². The lowest BCUT2D eigenvalue weighted by Crippen LogP contribution is -2.13. The van der Waals surface area contributed by atoms with Crippen molar-refractivity contribution in [2.75, 3.05) is 10.6 Å². The summed E-state index contributed by atoms with van der Waals surface area (Å²) in [4.78, 5) is 23.7. The van der Waals surface area contributed by atoms with Crippen molar-refractivity contribution in [3.63, 3.8) is 0 Å². The highest BCUT2D eigenvalue weighted by Gasteiger charge is 2.19. The number of Topliss-reactive ketones (excluding diaryl/α,β-unsaturated/α-hetero) is 1. The van der Waals surface area contributed by atoms with Crippen LogP contribution in [-0.2, 0) is 4.79 Å². The summed E-state index contributed by atoms with van der Waals surface area (Å²) in [6.07, 6.45) is 0. The van der Waals surface area contributed by atoms with Crippen molar-refractivity contribution in [1.82, 2.24) is 10.2 Å². The van der Waals surface area contributed by atoms with Gasteiger partial charge in [-0.2, -0.15) is 0 Å². The molecule has 144 valence electrons. The number of thioether (sulfide) groups is 1. The summed E-state index contributed by atoms with van der Waals surface area (Å²) < 4.78 is 0.728. The maximum Gasteiger partial charge on any atom is 0.221 e. The molecular formula is C20H20N4O2S2. The van der Waals surface area contributed by atoms with Crippen LogP contribution in [0.5, 0.6) is 0 Å². The number of aryl methyl sites for hydroxylation is 1. The van der Waals surface area contributed by atoms with Gasteiger partial charge >= 0.3 is 0 Å². The third-order valence-electron chi connectivity index (χ3n) is 3.81. The second-order valence-corrected chi connectivity index (χ2v) is 8.82. The molecule has 3 aromatic rings. The molecule has 3 rings (SSSR count). The highest BCUT2D eigenvalue weighted by atomic mass is 32.2. The highest BCUT2D eigenvalue weighted by Crippen LogP contribution is 2.31. The Morgan fingerprint density at radius 1 is 1.07 bits per heavy atom. The largest absolute Gasteiger partial charge is 0.330 e. The first-order valence-electron chi connectivity index (χ1n) is 8.66. The summed E-state index contributed by atoms with van der Waals surface area (Å²) in [6.45, 7) is 5.33. The molecule has 2 aromatic carbocycles. The lowest BCUT2D eigenvalue weighted by Gasteiger charge is -2.09. The van der Waals surface area contributed by atoms with Gasteiger partial charge in [-0.05, 0) is 55.8 Å². The number of ketones is 1. The van der Waals surface area contributed by atoms with Crippen LogP contribution in [-0.4, -0.2) is 27.1 Å². The molecule has 0 radical (unpaired) electrons. The summed E-state index contributed by atoms with van der Waals surface area (Å²) in [6, 6.07) is 14.9. The summed E-state index contributed by atoms with van der Waals surface area (Å²) in [5.74, 6) is -0.142. The van der Waals surface area contributed by atoms with Gasteiger partial charge in [0.25, 0.3) is 0 Å². The number of nitrogens with zero attached hydrogens (tertiary/aromatic N) is 2. The van der Waals surface area contributed by atoms with Crippen molar-refractivity contribution in [2.45, 2.75) is 30.4 Å². The number of nitrogens with one attached hydrogen (secondary N) is 2. The fourth-order valence-corrected chi connectivity index (χ4v) is 4.51. The van der Waals surface area contributed by atoms with Crippen LogP contribution >= 0.6 is 23.1 Å². The minimum absolute atomic E-state index is 0.00256. The smallest absolute Gasteiger partial charge is 0.221 e. The third-order valence-corrected chi connectivity index (χ3v) is 5.84. The van der Waals surface area contributed by atoms with E-state index in [9.17, 15) is 9.59 Å². The zero-order valence-corrected chi connectivity index (χ0v) is 17.4. The molecule has 1 unspecified atom stereocenters. The maximum atomic E-state index is 12.7. The molecule has 0 bridgehead atoms. The van der Waals surface area contributed by atoms with Crippen LogP contribution in [0, 0.1) is 6.92 Å². The Labute approximate surface area is 171 Å². The van der Waals surface area contributed by atoms with E-state index in [4.69, 9.17) is 0 Å². The van der Waals surface area contributed by atoms with E-state index in [-0.39, 0.29) is 16.9 Å². The molecule has 1 atom stereocenters. The molecule has 28 heavy (non-hydrogen) atoms. The molecule has 1 heterocycles. The van der Waals surface area contributed by atoms with Crippen LogP contribution in [0.3, 0.4) is 0 Å². The number of carbonyl (C=O) groups is 2. The monoisotopic (exact) mass is 412 g/mol. The quantitative estimate of drug-likeness (QED) is 0.424. The van der Waals surface area contributed by atoms with E-state index in [0.29, 0.717) is 16.4 Å². The van der Waals surface area contributed by atoms with Gasteiger partial charge in [0.2, 0.25) is 11.0 Å². The molecule has 0 saturated carbocycles. The minimum Gasteiger partial charge on any atom is -0.330 e. The molecule has 1 aromatic heterocycles. The Balaban J connectivity index is 1.61. The first-order chi connectivity index (χ1) is 13.4. The fourth-order valence-electron chi connectivity index (χ4n) is 2.51. The number of amides is 1. The van der Waals surface area contributed by atoms with Crippen LogP contribution in [0.25, 0.3) is 0 Å². The average Bonchev–Trinajstić information content (AvgIpc) is 3.08. The molecule has 0 saturated heterocycles. The van der Waals surface area contributed by atoms with Gasteiger partial charge in [0.1, 0.15) is 0 Å². The van der Waals surface area contributed by atoms with E-state index in [1.54, 1.807) is 24.3 Å². The number of hydrogen-bond donors (Lipinski definition) is 2. The molecule has 8 heteroatoms. The van der Waals surface area contributed by atoms with E-state index < -0.39 is 0 Å². The SMILES string of the molecule is CC(=O)Nc1ccc(C(=O)C(C)Sc2nnc(Nc3cccc(C)c3)s2)cc1. The lowest BCUT2D eigenvalue weighted by molar-refractivity contribution is -0.114. The van der Waals surface area contributed by atoms with E-state index in [1.807, 2.05) is 38.1 Å². The number of benzene rings is 2. The number of anilines is 3. The highest BCUT2D eigenvalue weighted by molar-refractivity contribution is 8.02. The van der Waals surface area contributed by atoms with E-state index in [2.05, 4.69) is 20.8 Å². The number of hydrogen-bond acceptors (Lipinski definition) is 7. The number of rotatable bonds is 7. The Kier molecular flexibility index (Phi) is 6.43. The molecular weight excluding hydrogens is 392 g/mol. The molecule has 2 N–H and O–H groups in total. The van der Waals surface area contributed by atoms with Gasteiger partial charge in [0.05, 0.1) is 5.25 Å². The summed E-state index contributed by atoms with van der Waals surface area (Å²) in [7, 11) is 0. The first-order valence-corrected chi connectivity index (χ1v) is 10.4. The van der Waals surface area contributed by atoms with Gasteiger partial charge in [-0.1, -0.05) is 35.2 Å². The van der Waals surface area contributed by atoms with Gasteiger partial charge in [0, 0.05) is 23.9 Å².